The standard InChI is InChI=1S/C16H21N3O4/c1-16(2,3)23-15(21)18-8-12(20)10-6-5-7-11-14(10)19-13(22-4)9-17-11/h5-7,9,12,20H,8H2,1-4H3,(H,18,21)/t12-/m0/s1. The molecule has 2 aromatic rings. The number of methoxy groups -OCH3 is 1. The number of amides is 1. The SMILES string of the molecule is COc1cnc2cccc([C@@H](O)CNC(=O)OC(C)(C)C)c2n1. The fourth-order valence-electron chi connectivity index (χ4n) is 2.01. The molecule has 2 rings (SSSR count). The van der Waals surface area contributed by atoms with Crippen LogP contribution in [0.3, 0.4) is 0 Å². The van der Waals surface area contributed by atoms with Crippen molar-refractivity contribution in [3.8, 4) is 5.88 Å². The van der Waals surface area contributed by atoms with Crippen molar-refractivity contribution in [2.75, 3.05) is 13.7 Å². The Hall–Kier alpha value is -2.41. The molecule has 0 aliphatic rings. The number of alkyl carbamates (subject to hydrolysis) is 1. The van der Waals surface area contributed by atoms with Crippen LogP contribution in [0.2, 0.25) is 0 Å². The maximum Gasteiger partial charge on any atom is 0.407 e. The van der Waals surface area contributed by atoms with E-state index in [1.54, 1.807) is 39.0 Å². The lowest BCUT2D eigenvalue weighted by Crippen LogP contribution is -2.34. The molecule has 0 spiro atoms. The number of para-hydroxylation sites is 1. The number of ether oxygens (including phenoxy) is 2. The minimum atomic E-state index is -0.937. The number of aromatic nitrogens is 2. The third-order valence-electron chi connectivity index (χ3n) is 2.99. The van der Waals surface area contributed by atoms with E-state index < -0.39 is 17.8 Å². The van der Waals surface area contributed by atoms with E-state index in [0.717, 1.165) is 0 Å². The molecule has 124 valence electrons. The molecule has 0 bridgehead atoms. The first-order valence-corrected chi connectivity index (χ1v) is 7.25. The van der Waals surface area contributed by atoms with Crippen LogP contribution in [0.1, 0.15) is 32.4 Å². The smallest absolute Gasteiger partial charge is 0.407 e. The zero-order valence-electron chi connectivity index (χ0n) is 13.7. The maximum atomic E-state index is 11.7. The molecule has 1 atom stereocenters. The molecule has 0 unspecified atom stereocenters. The Morgan fingerprint density at radius 3 is 2.78 bits per heavy atom. The molecule has 0 saturated carbocycles. The van der Waals surface area contributed by atoms with Crippen LogP contribution in [-0.2, 0) is 4.74 Å². The molecule has 1 aromatic heterocycles. The van der Waals surface area contributed by atoms with Crippen molar-refractivity contribution in [1.29, 1.82) is 0 Å². The maximum absolute atomic E-state index is 11.7. The first kappa shape index (κ1) is 17.0. The van der Waals surface area contributed by atoms with Gasteiger partial charge in [-0.2, -0.15) is 0 Å². The number of nitrogens with one attached hydrogen (secondary N) is 1. The largest absolute Gasteiger partial charge is 0.480 e. The van der Waals surface area contributed by atoms with Gasteiger partial charge in [-0.15, -0.1) is 0 Å². The molecule has 0 saturated heterocycles. The van der Waals surface area contributed by atoms with E-state index in [0.29, 0.717) is 22.5 Å². The number of nitrogens with zero attached hydrogens (tertiary/aromatic N) is 2. The van der Waals surface area contributed by atoms with Gasteiger partial charge in [-0.25, -0.2) is 14.8 Å². The molecule has 1 aromatic carbocycles. The summed E-state index contributed by atoms with van der Waals surface area (Å²) in [4.78, 5) is 20.2. The Morgan fingerprint density at radius 1 is 1.39 bits per heavy atom. The predicted molar refractivity (Wildman–Crippen MR) is 85.3 cm³/mol. The first-order chi connectivity index (χ1) is 10.8. The molecule has 7 nitrogen and oxygen atoms in total. The number of aliphatic hydroxyl groups excluding tert-OH is 1. The van der Waals surface area contributed by atoms with Gasteiger partial charge in [0.25, 0.3) is 0 Å². The third-order valence-corrected chi connectivity index (χ3v) is 2.99. The van der Waals surface area contributed by atoms with Gasteiger partial charge in [-0.1, -0.05) is 12.1 Å². The van der Waals surface area contributed by atoms with Gasteiger partial charge in [0, 0.05) is 5.56 Å². The van der Waals surface area contributed by atoms with Gasteiger partial charge in [0.05, 0.1) is 37.0 Å². The molecule has 1 heterocycles. The van der Waals surface area contributed by atoms with E-state index >= 15 is 0 Å². The number of rotatable bonds is 4. The van der Waals surface area contributed by atoms with Crippen molar-refractivity contribution in [2.24, 2.45) is 0 Å². The van der Waals surface area contributed by atoms with Crippen molar-refractivity contribution in [2.45, 2.75) is 32.5 Å². The van der Waals surface area contributed by atoms with Crippen LogP contribution in [0.4, 0.5) is 4.79 Å². The minimum absolute atomic E-state index is 0.00686. The number of aliphatic hydroxyl groups is 1. The molecule has 7 heteroatoms. The van der Waals surface area contributed by atoms with Crippen LogP contribution in [-0.4, -0.2) is 40.4 Å². The number of fused-ring (bicyclic) bond motifs is 1. The van der Waals surface area contributed by atoms with E-state index in [4.69, 9.17) is 9.47 Å². The van der Waals surface area contributed by atoms with Crippen molar-refractivity contribution in [3.05, 3.63) is 30.0 Å². The van der Waals surface area contributed by atoms with Gasteiger partial charge in [-0.05, 0) is 26.8 Å². The zero-order valence-corrected chi connectivity index (χ0v) is 13.7. The zero-order chi connectivity index (χ0) is 17.0. The summed E-state index contributed by atoms with van der Waals surface area (Å²) in [5.74, 6) is 0.359. The molecule has 0 fully saturated rings. The van der Waals surface area contributed by atoms with Crippen LogP contribution in [0.15, 0.2) is 24.4 Å². The van der Waals surface area contributed by atoms with Crippen molar-refractivity contribution in [1.82, 2.24) is 15.3 Å². The quantitative estimate of drug-likeness (QED) is 0.897. The second-order valence-corrected chi connectivity index (χ2v) is 6.03. The lowest BCUT2D eigenvalue weighted by Gasteiger charge is -2.20. The molecular weight excluding hydrogens is 298 g/mol. The Labute approximate surface area is 134 Å². The van der Waals surface area contributed by atoms with E-state index in [1.165, 1.54) is 13.3 Å². The normalized spacial score (nSPS) is 12.7. The van der Waals surface area contributed by atoms with E-state index in [-0.39, 0.29) is 6.54 Å². The summed E-state index contributed by atoms with van der Waals surface area (Å²) in [6.07, 6.45) is -0.00895. The van der Waals surface area contributed by atoms with Gasteiger partial charge in [0.1, 0.15) is 5.60 Å². The van der Waals surface area contributed by atoms with Crippen LogP contribution in [0.25, 0.3) is 11.0 Å². The summed E-state index contributed by atoms with van der Waals surface area (Å²) < 4.78 is 10.2. The van der Waals surface area contributed by atoms with E-state index in [1.807, 2.05) is 0 Å². The number of hydrogen-bond donors (Lipinski definition) is 2. The molecule has 0 aliphatic heterocycles. The van der Waals surface area contributed by atoms with Crippen molar-refractivity contribution in [3.63, 3.8) is 0 Å². The van der Waals surface area contributed by atoms with Crippen LogP contribution < -0.4 is 10.1 Å². The number of carbonyl (C=O) groups excluding carboxylic acids is 1. The average Bonchev–Trinajstić information content (AvgIpc) is 2.49. The highest BCUT2D eigenvalue weighted by atomic mass is 16.6. The summed E-state index contributed by atoms with van der Waals surface area (Å²) in [6, 6.07) is 5.30. The number of carbonyl (C=O) groups is 1. The lowest BCUT2D eigenvalue weighted by atomic mass is 10.1. The summed E-state index contributed by atoms with van der Waals surface area (Å²) in [5.41, 5.74) is 1.14. The second-order valence-electron chi connectivity index (χ2n) is 6.03. The van der Waals surface area contributed by atoms with Crippen LogP contribution in [0.5, 0.6) is 5.88 Å². The predicted octanol–water partition coefficient (Wildman–Crippen LogP) is 2.20. The van der Waals surface area contributed by atoms with Gasteiger partial charge in [0.15, 0.2) is 0 Å². The third kappa shape index (κ3) is 4.53. The summed E-state index contributed by atoms with van der Waals surface area (Å²) in [5, 5.41) is 12.9. The van der Waals surface area contributed by atoms with Gasteiger partial charge < -0.3 is 19.9 Å². The van der Waals surface area contributed by atoms with Crippen LogP contribution in [0, 0.1) is 0 Å². The van der Waals surface area contributed by atoms with E-state index in [9.17, 15) is 9.90 Å². The molecular formula is C16H21N3O4. The van der Waals surface area contributed by atoms with Gasteiger partial charge >= 0.3 is 6.09 Å². The first-order valence-electron chi connectivity index (χ1n) is 7.25. The minimum Gasteiger partial charge on any atom is -0.480 e. The average molecular weight is 319 g/mol. The summed E-state index contributed by atoms with van der Waals surface area (Å²) >= 11 is 0. The van der Waals surface area contributed by atoms with Gasteiger partial charge in [0.2, 0.25) is 5.88 Å². The van der Waals surface area contributed by atoms with Crippen molar-refractivity contribution < 1.29 is 19.4 Å². The highest BCUT2D eigenvalue weighted by Gasteiger charge is 2.18. The Balaban J connectivity index is 2.14. The Bertz CT molecular complexity index is 697. The Kier molecular flexibility index (Phi) is 5.00. The highest BCUT2D eigenvalue weighted by molar-refractivity contribution is 5.78. The number of benzene rings is 1. The topological polar surface area (TPSA) is 93.6 Å². The van der Waals surface area contributed by atoms with Crippen LogP contribution >= 0.6 is 0 Å². The molecule has 23 heavy (non-hydrogen) atoms. The molecule has 1 amide bonds. The van der Waals surface area contributed by atoms with E-state index in [2.05, 4.69) is 15.3 Å². The monoisotopic (exact) mass is 319 g/mol. The fourth-order valence-corrected chi connectivity index (χ4v) is 2.01. The second kappa shape index (κ2) is 6.78. The molecule has 2 N–H and O–H groups in total. The highest BCUT2D eigenvalue weighted by Crippen LogP contribution is 2.23. The Morgan fingerprint density at radius 2 is 2.13 bits per heavy atom. The summed E-state index contributed by atoms with van der Waals surface area (Å²) in [7, 11) is 1.50. The fraction of sp³-hybridized carbons (Fsp3) is 0.438. The lowest BCUT2D eigenvalue weighted by molar-refractivity contribution is 0.0492. The number of hydrogen-bond acceptors (Lipinski definition) is 6. The molecule has 0 radical (unpaired) electrons. The van der Waals surface area contributed by atoms with Gasteiger partial charge in [-0.3, -0.25) is 0 Å². The van der Waals surface area contributed by atoms with Crippen molar-refractivity contribution >= 4 is 17.1 Å². The summed E-state index contributed by atoms with van der Waals surface area (Å²) in [6.45, 7) is 5.33. The molecule has 0 aliphatic carbocycles.